The lowest BCUT2D eigenvalue weighted by Gasteiger charge is -2.13. The van der Waals surface area contributed by atoms with Gasteiger partial charge in [-0.05, 0) is 61.9 Å². The zero-order valence-electron chi connectivity index (χ0n) is 17.8. The van der Waals surface area contributed by atoms with E-state index in [0.29, 0.717) is 28.3 Å². The van der Waals surface area contributed by atoms with Gasteiger partial charge in [-0.15, -0.1) is 0 Å². The van der Waals surface area contributed by atoms with Crippen LogP contribution < -0.4 is 14.8 Å². The van der Waals surface area contributed by atoms with Crippen molar-refractivity contribution in [2.45, 2.75) is 18.7 Å². The SMILES string of the molecule is COc1ccc(NS(=O)(=O)c2cc(NC(=O)c3oc4ccccc4c3C)ccc2C)cc1. The maximum absolute atomic E-state index is 13.0. The molecule has 3 aromatic carbocycles. The van der Waals surface area contributed by atoms with Crippen molar-refractivity contribution < 1.29 is 22.4 Å². The van der Waals surface area contributed by atoms with Crippen LogP contribution in [0.3, 0.4) is 0 Å². The quantitative estimate of drug-likeness (QED) is 0.425. The maximum Gasteiger partial charge on any atom is 0.291 e. The summed E-state index contributed by atoms with van der Waals surface area (Å²) in [4.78, 5) is 12.9. The highest BCUT2D eigenvalue weighted by Crippen LogP contribution is 2.27. The Balaban J connectivity index is 1.60. The second kappa shape index (κ2) is 8.39. The van der Waals surface area contributed by atoms with Crippen LogP contribution in [0.4, 0.5) is 11.4 Å². The number of benzene rings is 3. The molecule has 0 aliphatic heterocycles. The molecule has 1 heterocycles. The summed E-state index contributed by atoms with van der Waals surface area (Å²) in [6.07, 6.45) is 0. The first-order valence-electron chi connectivity index (χ1n) is 9.85. The third kappa shape index (κ3) is 4.17. The van der Waals surface area contributed by atoms with Crippen LogP contribution in [0.2, 0.25) is 0 Å². The number of aryl methyl sites for hydroxylation is 2. The number of fused-ring (bicyclic) bond motifs is 1. The number of carbonyl (C=O) groups is 1. The van der Waals surface area contributed by atoms with Crippen molar-refractivity contribution in [2.24, 2.45) is 0 Å². The molecule has 0 atom stereocenters. The number of rotatable bonds is 6. The molecule has 4 rings (SSSR count). The summed E-state index contributed by atoms with van der Waals surface area (Å²) >= 11 is 0. The van der Waals surface area contributed by atoms with E-state index in [0.717, 1.165) is 10.9 Å². The first-order chi connectivity index (χ1) is 15.3. The van der Waals surface area contributed by atoms with Gasteiger partial charge in [-0.2, -0.15) is 0 Å². The molecule has 0 unspecified atom stereocenters. The lowest BCUT2D eigenvalue weighted by atomic mass is 10.1. The summed E-state index contributed by atoms with van der Waals surface area (Å²) in [5.74, 6) is 0.358. The monoisotopic (exact) mass is 450 g/mol. The molecular formula is C24H22N2O5S. The van der Waals surface area contributed by atoms with Crippen molar-refractivity contribution in [1.29, 1.82) is 0 Å². The normalized spacial score (nSPS) is 11.3. The van der Waals surface area contributed by atoms with Crippen molar-refractivity contribution in [3.05, 3.63) is 83.6 Å². The number of hydrogen-bond acceptors (Lipinski definition) is 5. The number of hydrogen-bond donors (Lipinski definition) is 2. The van der Waals surface area contributed by atoms with Crippen molar-refractivity contribution >= 4 is 38.3 Å². The number of amides is 1. The van der Waals surface area contributed by atoms with Crippen LogP contribution in [0.25, 0.3) is 11.0 Å². The van der Waals surface area contributed by atoms with Gasteiger partial charge in [0.2, 0.25) is 0 Å². The highest BCUT2D eigenvalue weighted by atomic mass is 32.2. The number of methoxy groups -OCH3 is 1. The van der Waals surface area contributed by atoms with Gasteiger partial charge in [-0.3, -0.25) is 9.52 Å². The van der Waals surface area contributed by atoms with Gasteiger partial charge in [0.1, 0.15) is 11.3 Å². The molecule has 4 aromatic rings. The summed E-state index contributed by atoms with van der Waals surface area (Å²) in [6.45, 7) is 3.50. The van der Waals surface area contributed by atoms with Crippen LogP contribution in [0.1, 0.15) is 21.7 Å². The first kappa shape index (κ1) is 21.5. The lowest BCUT2D eigenvalue weighted by Crippen LogP contribution is -2.16. The van der Waals surface area contributed by atoms with Crippen LogP contribution in [-0.4, -0.2) is 21.4 Å². The summed E-state index contributed by atoms with van der Waals surface area (Å²) in [5.41, 5.74) is 2.63. The summed E-state index contributed by atoms with van der Waals surface area (Å²) in [5, 5.41) is 3.59. The largest absolute Gasteiger partial charge is 0.497 e. The van der Waals surface area contributed by atoms with E-state index in [2.05, 4.69) is 10.0 Å². The second-order valence-corrected chi connectivity index (χ2v) is 8.97. The van der Waals surface area contributed by atoms with Gasteiger partial charge in [-0.1, -0.05) is 24.3 Å². The number of ether oxygens (including phenoxy) is 1. The van der Waals surface area contributed by atoms with E-state index in [9.17, 15) is 13.2 Å². The molecule has 0 aliphatic rings. The van der Waals surface area contributed by atoms with Gasteiger partial charge in [0.25, 0.3) is 15.9 Å². The van der Waals surface area contributed by atoms with Crippen molar-refractivity contribution in [3.8, 4) is 5.75 Å². The fraction of sp³-hybridized carbons (Fsp3) is 0.125. The Hall–Kier alpha value is -3.78. The fourth-order valence-corrected chi connectivity index (χ4v) is 4.75. The van der Waals surface area contributed by atoms with Crippen LogP contribution in [0.15, 0.2) is 76.0 Å². The minimum absolute atomic E-state index is 0.0625. The third-order valence-corrected chi connectivity index (χ3v) is 6.65. The molecule has 8 heteroatoms. The molecule has 7 nitrogen and oxygen atoms in total. The van der Waals surface area contributed by atoms with Gasteiger partial charge >= 0.3 is 0 Å². The molecule has 0 fully saturated rings. The van der Waals surface area contributed by atoms with Crippen LogP contribution >= 0.6 is 0 Å². The number of sulfonamides is 1. The first-order valence-corrected chi connectivity index (χ1v) is 11.3. The van der Waals surface area contributed by atoms with Crippen LogP contribution in [-0.2, 0) is 10.0 Å². The number of para-hydroxylation sites is 1. The Morgan fingerprint density at radius 2 is 1.62 bits per heavy atom. The van der Waals surface area contributed by atoms with E-state index in [-0.39, 0.29) is 10.7 Å². The average Bonchev–Trinajstić information content (AvgIpc) is 3.12. The molecular weight excluding hydrogens is 428 g/mol. The lowest BCUT2D eigenvalue weighted by molar-refractivity contribution is 0.0998. The van der Waals surface area contributed by atoms with Gasteiger partial charge in [-0.25, -0.2) is 8.42 Å². The topological polar surface area (TPSA) is 97.6 Å². The van der Waals surface area contributed by atoms with Gasteiger partial charge in [0.05, 0.1) is 12.0 Å². The van der Waals surface area contributed by atoms with E-state index >= 15 is 0 Å². The minimum Gasteiger partial charge on any atom is -0.497 e. The van der Waals surface area contributed by atoms with Crippen molar-refractivity contribution in [3.63, 3.8) is 0 Å². The van der Waals surface area contributed by atoms with E-state index < -0.39 is 15.9 Å². The maximum atomic E-state index is 13.0. The molecule has 0 radical (unpaired) electrons. The Bertz CT molecular complexity index is 1410. The molecule has 2 N–H and O–H groups in total. The Labute approximate surface area is 186 Å². The van der Waals surface area contributed by atoms with Crippen molar-refractivity contribution in [1.82, 2.24) is 0 Å². The number of anilines is 2. The predicted octanol–water partition coefficient (Wildman–Crippen LogP) is 5.11. The highest BCUT2D eigenvalue weighted by molar-refractivity contribution is 7.92. The van der Waals surface area contributed by atoms with Crippen LogP contribution in [0.5, 0.6) is 5.75 Å². The zero-order valence-corrected chi connectivity index (χ0v) is 18.6. The van der Waals surface area contributed by atoms with E-state index in [1.807, 2.05) is 25.1 Å². The third-order valence-electron chi connectivity index (χ3n) is 5.13. The predicted molar refractivity (Wildman–Crippen MR) is 124 cm³/mol. The molecule has 0 aliphatic carbocycles. The van der Waals surface area contributed by atoms with E-state index in [4.69, 9.17) is 9.15 Å². The molecule has 1 aromatic heterocycles. The second-order valence-electron chi connectivity index (χ2n) is 7.32. The zero-order chi connectivity index (χ0) is 22.9. The Kier molecular flexibility index (Phi) is 5.63. The van der Waals surface area contributed by atoms with Crippen molar-refractivity contribution in [2.75, 3.05) is 17.1 Å². The molecule has 0 saturated carbocycles. The summed E-state index contributed by atoms with van der Waals surface area (Å²) in [7, 11) is -2.34. The van der Waals surface area contributed by atoms with E-state index in [1.54, 1.807) is 49.4 Å². The molecule has 0 saturated heterocycles. The highest BCUT2D eigenvalue weighted by Gasteiger charge is 2.21. The minimum atomic E-state index is -3.88. The standard InChI is InChI=1S/C24H22N2O5S/c1-15-8-9-18(25-24(27)23-16(2)20-6-4-5-7-21(20)31-23)14-22(15)32(28,29)26-17-10-12-19(30-3)13-11-17/h4-14,26H,1-3H3,(H,25,27). The number of carbonyl (C=O) groups excluding carboxylic acids is 1. The van der Waals surface area contributed by atoms with Crippen LogP contribution in [0, 0.1) is 13.8 Å². The summed E-state index contributed by atoms with van der Waals surface area (Å²) < 4.78 is 39.3. The molecule has 32 heavy (non-hydrogen) atoms. The Morgan fingerprint density at radius 1 is 0.938 bits per heavy atom. The fourth-order valence-electron chi connectivity index (χ4n) is 3.42. The molecule has 0 bridgehead atoms. The van der Waals surface area contributed by atoms with E-state index in [1.165, 1.54) is 13.2 Å². The van der Waals surface area contributed by atoms with Gasteiger partial charge in [0, 0.05) is 22.3 Å². The summed E-state index contributed by atoms with van der Waals surface area (Å²) in [6, 6.07) is 18.7. The smallest absolute Gasteiger partial charge is 0.291 e. The number of furan rings is 1. The number of nitrogens with one attached hydrogen (secondary N) is 2. The average molecular weight is 451 g/mol. The van der Waals surface area contributed by atoms with Gasteiger partial charge < -0.3 is 14.5 Å². The molecule has 164 valence electrons. The Morgan fingerprint density at radius 3 is 2.31 bits per heavy atom. The van der Waals surface area contributed by atoms with Gasteiger partial charge in [0.15, 0.2) is 5.76 Å². The molecule has 0 spiro atoms. The molecule has 1 amide bonds.